The Morgan fingerprint density at radius 3 is 2.26 bits per heavy atom. The highest BCUT2D eigenvalue weighted by atomic mass is 32.2. The van der Waals surface area contributed by atoms with Gasteiger partial charge in [-0.2, -0.15) is 0 Å². The van der Waals surface area contributed by atoms with E-state index in [4.69, 9.17) is 9.47 Å². The molecule has 1 heterocycles. The third-order valence-electron chi connectivity index (χ3n) is 5.90. The molecule has 0 saturated carbocycles. The van der Waals surface area contributed by atoms with Gasteiger partial charge in [0.25, 0.3) is 10.0 Å². The van der Waals surface area contributed by atoms with Gasteiger partial charge in [-0.05, 0) is 61.4 Å². The molecule has 0 spiro atoms. The van der Waals surface area contributed by atoms with E-state index < -0.39 is 22.5 Å². The van der Waals surface area contributed by atoms with E-state index in [-0.39, 0.29) is 10.6 Å². The van der Waals surface area contributed by atoms with E-state index in [1.54, 1.807) is 30.3 Å². The summed E-state index contributed by atoms with van der Waals surface area (Å²) < 4.78 is 39.0. The molecule has 0 aromatic heterocycles. The standard InChI is InChI=1S/C26H29N3O5S/c1-33-22-14-15-25(34-2)24(18-22)29(35(31,32)23-8-4-3-5-9-23)19-26(30)27-20-10-12-21(13-11-20)28-16-6-7-17-28/h3-5,8-15,18H,6-7,16-17,19H2,1-2H3,(H,27,30). The van der Waals surface area contributed by atoms with Crippen molar-refractivity contribution in [3.63, 3.8) is 0 Å². The van der Waals surface area contributed by atoms with Crippen LogP contribution in [-0.4, -0.2) is 48.2 Å². The molecular formula is C26H29N3O5S. The molecule has 3 aromatic rings. The van der Waals surface area contributed by atoms with Gasteiger partial charge >= 0.3 is 0 Å². The van der Waals surface area contributed by atoms with Gasteiger partial charge in [-0.25, -0.2) is 8.42 Å². The smallest absolute Gasteiger partial charge is 0.264 e. The van der Waals surface area contributed by atoms with Gasteiger partial charge in [0.1, 0.15) is 18.0 Å². The normalized spacial score (nSPS) is 13.4. The summed E-state index contributed by atoms with van der Waals surface area (Å²) in [6.45, 7) is 1.61. The van der Waals surface area contributed by atoms with Gasteiger partial charge in [0.15, 0.2) is 0 Å². The molecule has 4 rings (SSSR count). The summed E-state index contributed by atoms with van der Waals surface area (Å²) in [4.78, 5) is 15.4. The molecule has 0 aliphatic carbocycles. The van der Waals surface area contributed by atoms with Crippen LogP contribution in [0.15, 0.2) is 77.7 Å². The first kappa shape index (κ1) is 24.4. The van der Waals surface area contributed by atoms with Crippen molar-refractivity contribution < 1.29 is 22.7 Å². The molecular weight excluding hydrogens is 466 g/mol. The van der Waals surface area contributed by atoms with E-state index >= 15 is 0 Å². The van der Waals surface area contributed by atoms with Gasteiger partial charge in [-0.3, -0.25) is 9.10 Å². The molecule has 0 radical (unpaired) electrons. The van der Waals surface area contributed by atoms with Crippen LogP contribution in [0.3, 0.4) is 0 Å². The molecule has 1 amide bonds. The summed E-state index contributed by atoms with van der Waals surface area (Å²) in [5.41, 5.74) is 1.90. The maximum atomic E-state index is 13.6. The van der Waals surface area contributed by atoms with E-state index in [9.17, 15) is 13.2 Å². The fourth-order valence-corrected chi connectivity index (χ4v) is 5.52. The number of rotatable bonds is 9. The van der Waals surface area contributed by atoms with Crippen LogP contribution >= 0.6 is 0 Å². The lowest BCUT2D eigenvalue weighted by Gasteiger charge is -2.26. The number of sulfonamides is 1. The van der Waals surface area contributed by atoms with E-state index in [0.717, 1.165) is 23.1 Å². The molecule has 3 aromatic carbocycles. The van der Waals surface area contributed by atoms with Crippen molar-refractivity contribution in [1.29, 1.82) is 0 Å². The first-order valence-corrected chi connectivity index (χ1v) is 12.8. The van der Waals surface area contributed by atoms with Crippen LogP contribution in [0.2, 0.25) is 0 Å². The first-order chi connectivity index (χ1) is 16.9. The van der Waals surface area contributed by atoms with E-state index in [2.05, 4.69) is 10.2 Å². The Bertz CT molecular complexity index is 1260. The average molecular weight is 496 g/mol. The minimum atomic E-state index is -4.09. The summed E-state index contributed by atoms with van der Waals surface area (Å²) in [6, 6.07) is 20.4. The highest BCUT2D eigenvalue weighted by molar-refractivity contribution is 7.92. The van der Waals surface area contributed by atoms with E-state index in [0.29, 0.717) is 17.2 Å². The lowest BCUT2D eigenvalue weighted by Crippen LogP contribution is -2.38. The number of methoxy groups -OCH3 is 2. The Morgan fingerprint density at radius 2 is 1.63 bits per heavy atom. The summed E-state index contributed by atoms with van der Waals surface area (Å²) in [5, 5.41) is 2.81. The average Bonchev–Trinajstić information content (AvgIpc) is 3.43. The Hall–Kier alpha value is -3.72. The maximum absolute atomic E-state index is 13.6. The SMILES string of the molecule is COc1ccc(OC)c(N(CC(=O)Nc2ccc(N3CCCC3)cc2)S(=O)(=O)c2ccccc2)c1. The van der Waals surface area contributed by atoms with Crippen molar-refractivity contribution in [1.82, 2.24) is 0 Å². The topological polar surface area (TPSA) is 88.2 Å². The number of hydrogen-bond acceptors (Lipinski definition) is 6. The third kappa shape index (κ3) is 5.51. The van der Waals surface area contributed by atoms with Gasteiger partial charge in [-0.15, -0.1) is 0 Å². The number of hydrogen-bond donors (Lipinski definition) is 1. The number of nitrogens with one attached hydrogen (secondary N) is 1. The number of nitrogens with zero attached hydrogens (tertiary/aromatic N) is 2. The van der Waals surface area contributed by atoms with Gasteiger partial charge in [-0.1, -0.05) is 18.2 Å². The Kier molecular flexibility index (Phi) is 7.45. The van der Waals surface area contributed by atoms with Crippen LogP contribution in [0.4, 0.5) is 17.1 Å². The van der Waals surface area contributed by atoms with Crippen molar-refractivity contribution in [2.24, 2.45) is 0 Å². The molecule has 8 nitrogen and oxygen atoms in total. The van der Waals surface area contributed by atoms with Crippen molar-refractivity contribution in [2.75, 3.05) is 48.4 Å². The van der Waals surface area contributed by atoms with Gasteiger partial charge in [0.05, 0.1) is 24.8 Å². The number of benzene rings is 3. The fraction of sp³-hybridized carbons (Fsp3) is 0.269. The van der Waals surface area contributed by atoms with Crippen LogP contribution < -0.4 is 24.0 Å². The number of carbonyl (C=O) groups excluding carboxylic acids is 1. The molecule has 0 unspecified atom stereocenters. The second-order valence-corrected chi connectivity index (χ2v) is 10.0. The quantitative estimate of drug-likeness (QED) is 0.480. The number of amides is 1. The molecule has 1 N–H and O–H groups in total. The molecule has 1 fully saturated rings. The Labute approximate surface area is 206 Å². The predicted molar refractivity (Wildman–Crippen MR) is 137 cm³/mol. The number of carbonyl (C=O) groups is 1. The Balaban J connectivity index is 1.62. The van der Waals surface area contributed by atoms with Crippen LogP contribution in [0, 0.1) is 0 Å². The van der Waals surface area contributed by atoms with Gasteiger partial charge in [0, 0.05) is 30.5 Å². The molecule has 1 aliphatic heterocycles. The minimum Gasteiger partial charge on any atom is -0.497 e. The van der Waals surface area contributed by atoms with Crippen LogP contribution in [0.5, 0.6) is 11.5 Å². The van der Waals surface area contributed by atoms with E-state index in [1.165, 1.54) is 45.3 Å². The molecule has 1 saturated heterocycles. The lowest BCUT2D eigenvalue weighted by atomic mass is 10.2. The summed E-state index contributed by atoms with van der Waals surface area (Å²) in [6.07, 6.45) is 2.36. The molecule has 1 aliphatic rings. The Morgan fingerprint density at radius 1 is 0.943 bits per heavy atom. The van der Waals surface area contributed by atoms with Crippen LogP contribution in [0.25, 0.3) is 0 Å². The maximum Gasteiger partial charge on any atom is 0.264 e. The predicted octanol–water partition coefficient (Wildman–Crippen LogP) is 4.14. The zero-order valence-electron chi connectivity index (χ0n) is 19.8. The second-order valence-electron chi connectivity index (χ2n) is 8.15. The molecule has 0 bridgehead atoms. The summed E-state index contributed by atoms with van der Waals surface area (Å²) in [7, 11) is -1.16. The summed E-state index contributed by atoms with van der Waals surface area (Å²) >= 11 is 0. The molecule has 0 atom stereocenters. The molecule has 35 heavy (non-hydrogen) atoms. The minimum absolute atomic E-state index is 0.0626. The van der Waals surface area contributed by atoms with Crippen molar-refractivity contribution in [3.05, 3.63) is 72.8 Å². The summed E-state index contributed by atoms with van der Waals surface area (Å²) in [5.74, 6) is 0.253. The molecule has 184 valence electrons. The third-order valence-corrected chi connectivity index (χ3v) is 7.67. The van der Waals surface area contributed by atoms with Gasteiger partial charge in [0.2, 0.25) is 5.91 Å². The van der Waals surface area contributed by atoms with Crippen LogP contribution in [-0.2, 0) is 14.8 Å². The van der Waals surface area contributed by atoms with Gasteiger partial charge < -0.3 is 19.7 Å². The fourth-order valence-electron chi connectivity index (χ4n) is 4.07. The van der Waals surface area contributed by atoms with Crippen LogP contribution in [0.1, 0.15) is 12.8 Å². The number of anilines is 3. The lowest BCUT2D eigenvalue weighted by molar-refractivity contribution is -0.114. The zero-order chi connectivity index (χ0) is 24.8. The first-order valence-electron chi connectivity index (χ1n) is 11.4. The van der Waals surface area contributed by atoms with Crippen molar-refractivity contribution >= 4 is 33.0 Å². The highest BCUT2D eigenvalue weighted by Gasteiger charge is 2.30. The second kappa shape index (κ2) is 10.7. The molecule has 9 heteroatoms. The zero-order valence-corrected chi connectivity index (χ0v) is 20.6. The van der Waals surface area contributed by atoms with E-state index in [1.807, 2.05) is 24.3 Å². The van der Waals surface area contributed by atoms with Crippen molar-refractivity contribution in [3.8, 4) is 11.5 Å². The number of ether oxygens (including phenoxy) is 2. The van der Waals surface area contributed by atoms with Crippen molar-refractivity contribution in [2.45, 2.75) is 17.7 Å². The largest absolute Gasteiger partial charge is 0.497 e. The monoisotopic (exact) mass is 495 g/mol. The highest BCUT2D eigenvalue weighted by Crippen LogP contribution is 2.35.